The molecule has 6 nitrogen and oxygen atoms in total. The minimum atomic E-state index is 0.0453. The van der Waals surface area contributed by atoms with Crippen LogP contribution in [-0.2, 0) is 0 Å². The van der Waals surface area contributed by atoms with E-state index in [-0.39, 0.29) is 6.04 Å². The average molecular weight is 246 g/mol. The maximum atomic E-state index is 8.27. The molecule has 0 radical (unpaired) electrons. The lowest BCUT2D eigenvalue weighted by atomic mass is 9.91. The van der Waals surface area contributed by atoms with E-state index >= 15 is 0 Å². The highest BCUT2D eigenvalue weighted by molar-refractivity contribution is 6.51. The van der Waals surface area contributed by atoms with Crippen molar-refractivity contribution in [3.63, 3.8) is 0 Å². The van der Waals surface area contributed by atoms with E-state index in [2.05, 4.69) is 22.4 Å². The number of hydrogen-bond acceptors (Lipinski definition) is 6. The molecular formula is C12H18N6. The zero-order chi connectivity index (χ0) is 13.3. The molecule has 0 saturated heterocycles. The van der Waals surface area contributed by atoms with Crippen molar-refractivity contribution in [3.8, 4) is 0 Å². The van der Waals surface area contributed by atoms with E-state index in [1.165, 1.54) is 0 Å². The third-order valence-corrected chi connectivity index (χ3v) is 3.23. The van der Waals surface area contributed by atoms with Crippen LogP contribution in [0.4, 0.5) is 11.5 Å². The van der Waals surface area contributed by atoms with Gasteiger partial charge in [-0.25, -0.2) is 4.98 Å². The number of hydrogen-bond donors (Lipinski definition) is 3. The van der Waals surface area contributed by atoms with Crippen LogP contribution >= 0.6 is 0 Å². The van der Waals surface area contributed by atoms with Gasteiger partial charge in [0.25, 0.3) is 0 Å². The zero-order valence-corrected chi connectivity index (χ0v) is 10.9. The number of hydrazone groups is 1. The number of nitrogens with one attached hydrogen (secondary N) is 2. The van der Waals surface area contributed by atoms with Crippen molar-refractivity contribution < 1.29 is 0 Å². The molecule has 0 aromatic carbocycles. The fourth-order valence-electron chi connectivity index (χ4n) is 2.40. The van der Waals surface area contributed by atoms with Crippen molar-refractivity contribution in [2.24, 2.45) is 5.10 Å². The standard InChI is InChI=1S/C12H18N6/c1-4-8-10(17-15-2)9(13)7-5-6-16-12(14)11(7)18(8)3/h5-6,8,13,15H,4H2,1-3H3,(H2,14,16)/b13-9?,17-10-. The molecule has 1 aliphatic heterocycles. The Labute approximate surface area is 106 Å². The largest absolute Gasteiger partial charge is 0.382 e. The highest BCUT2D eigenvalue weighted by Crippen LogP contribution is 2.32. The van der Waals surface area contributed by atoms with E-state index < -0.39 is 0 Å². The molecule has 0 amide bonds. The maximum Gasteiger partial charge on any atom is 0.147 e. The molecule has 2 rings (SSSR count). The number of nitrogens with zero attached hydrogens (tertiary/aromatic N) is 3. The van der Waals surface area contributed by atoms with Crippen LogP contribution in [-0.4, -0.2) is 36.5 Å². The van der Waals surface area contributed by atoms with Gasteiger partial charge in [0.05, 0.1) is 17.4 Å². The van der Waals surface area contributed by atoms with E-state index in [0.717, 1.165) is 23.4 Å². The van der Waals surface area contributed by atoms with E-state index in [1.807, 2.05) is 18.0 Å². The molecule has 1 unspecified atom stereocenters. The van der Waals surface area contributed by atoms with E-state index in [0.29, 0.717) is 11.5 Å². The molecule has 0 fully saturated rings. The average Bonchev–Trinajstić information content (AvgIpc) is 2.36. The van der Waals surface area contributed by atoms with Crippen molar-refractivity contribution in [1.29, 1.82) is 5.41 Å². The fraction of sp³-hybridized carbons (Fsp3) is 0.417. The first kappa shape index (κ1) is 12.3. The Bertz CT molecular complexity index is 507. The third-order valence-electron chi connectivity index (χ3n) is 3.23. The molecule has 0 aliphatic carbocycles. The van der Waals surface area contributed by atoms with E-state index in [4.69, 9.17) is 11.1 Å². The molecule has 6 heteroatoms. The summed E-state index contributed by atoms with van der Waals surface area (Å²) in [4.78, 5) is 6.15. The van der Waals surface area contributed by atoms with Gasteiger partial charge < -0.3 is 16.1 Å². The second-order valence-electron chi connectivity index (χ2n) is 4.22. The second-order valence-corrected chi connectivity index (χ2v) is 4.22. The number of rotatable bonds is 2. The number of nitrogens with two attached hydrogens (primary N) is 1. The Morgan fingerprint density at radius 2 is 2.33 bits per heavy atom. The van der Waals surface area contributed by atoms with Crippen LogP contribution < -0.4 is 16.1 Å². The zero-order valence-electron chi connectivity index (χ0n) is 10.9. The molecule has 1 aromatic heterocycles. The number of anilines is 2. The smallest absolute Gasteiger partial charge is 0.147 e. The summed E-state index contributed by atoms with van der Waals surface area (Å²) >= 11 is 0. The molecule has 1 atom stereocenters. The van der Waals surface area contributed by atoms with Crippen molar-refractivity contribution >= 4 is 22.9 Å². The van der Waals surface area contributed by atoms with Crippen LogP contribution in [0.1, 0.15) is 18.9 Å². The SMILES string of the molecule is CCC1/C(=N/NC)C(=N)c2ccnc(N)c2N1C. The van der Waals surface area contributed by atoms with Crippen molar-refractivity contribution in [3.05, 3.63) is 17.8 Å². The summed E-state index contributed by atoms with van der Waals surface area (Å²) in [7, 11) is 3.70. The fourth-order valence-corrected chi connectivity index (χ4v) is 2.40. The Hall–Kier alpha value is -2.11. The first-order valence-corrected chi connectivity index (χ1v) is 5.92. The first-order chi connectivity index (χ1) is 8.61. The summed E-state index contributed by atoms with van der Waals surface area (Å²) in [5.74, 6) is 0.460. The van der Waals surface area contributed by atoms with E-state index in [1.54, 1.807) is 13.2 Å². The molecule has 96 valence electrons. The summed E-state index contributed by atoms with van der Waals surface area (Å²) in [5, 5.41) is 12.5. The quantitative estimate of drug-likeness (QED) is 0.674. The molecule has 4 N–H and O–H groups in total. The second kappa shape index (κ2) is 4.64. The monoisotopic (exact) mass is 246 g/mol. The molecule has 2 heterocycles. The van der Waals surface area contributed by atoms with Gasteiger partial charge in [0, 0.05) is 25.9 Å². The van der Waals surface area contributed by atoms with Crippen LogP contribution in [0.15, 0.2) is 17.4 Å². The topological polar surface area (TPSA) is 90.4 Å². The van der Waals surface area contributed by atoms with Crippen LogP contribution in [0.3, 0.4) is 0 Å². The van der Waals surface area contributed by atoms with Gasteiger partial charge in [-0.15, -0.1) is 0 Å². The minimum Gasteiger partial charge on any atom is -0.382 e. The highest BCUT2D eigenvalue weighted by atomic mass is 15.3. The van der Waals surface area contributed by atoms with Crippen LogP contribution in [0, 0.1) is 5.41 Å². The van der Waals surface area contributed by atoms with Gasteiger partial charge in [-0.3, -0.25) is 5.41 Å². The predicted molar refractivity (Wildman–Crippen MR) is 74.5 cm³/mol. The normalized spacial score (nSPS) is 21.1. The van der Waals surface area contributed by atoms with Crippen LogP contribution in [0.5, 0.6) is 0 Å². The molecular weight excluding hydrogens is 228 g/mol. The van der Waals surface area contributed by atoms with Gasteiger partial charge in [-0.2, -0.15) is 5.10 Å². The molecule has 1 aliphatic rings. The Morgan fingerprint density at radius 3 is 2.94 bits per heavy atom. The predicted octanol–water partition coefficient (Wildman–Crippen LogP) is 0.835. The van der Waals surface area contributed by atoms with E-state index in [9.17, 15) is 0 Å². The summed E-state index contributed by atoms with van der Waals surface area (Å²) in [5.41, 5.74) is 11.5. The van der Waals surface area contributed by atoms with Crippen molar-refractivity contribution in [2.45, 2.75) is 19.4 Å². The number of aromatic nitrogens is 1. The summed E-state index contributed by atoms with van der Waals surface area (Å²) in [6, 6.07) is 1.85. The Morgan fingerprint density at radius 1 is 1.61 bits per heavy atom. The number of nitrogen functional groups attached to an aromatic ring is 1. The Kier molecular flexibility index (Phi) is 3.18. The molecule has 0 bridgehead atoms. The Balaban J connectivity index is 2.63. The van der Waals surface area contributed by atoms with Crippen LogP contribution in [0.25, 0.3) is 0 Å². The first-order valence-electron chi connectivity index (χ1n) is 5.92. The lowest BCUT2D eigenvalue weighted by molar-refractivity contribution is 0.740. The molecule has 18 heavy (non-hydrogen) atoms. The van der Waals surface area contributed by atoms with Crippen LogP contribution in [0.2, 0.25) is 0 Å². The summed E-state index contributed by atoms with van der Waals surface area (Å²) in [6.45, 7) is 2.07. The van der Waals surface area contributed by atoms with Gasteiger partial charge in [-0.1, -0.05) is 6.92 Å². The summed E-state index contributed by atoms with van der Waals surface area (Å²) < 4.78 is 0. The van der Waals surface area contributed by atoms with Gasteiger partial charge in [0.15, 0.2) is 0 Å². The van der Waals surface area contributed by atoms with Crippen molar-refractivity contribution in [1.82, 2.24) is 10.4 Å². The van der Waals surface area contributed by atoms with Gasteiger partial charge in [0.2, 0.25) is 0 Å². The maximum absolute atomic E-state index is 8.27. The lowest BCUT2D eigenvalue weighted by Gasteiger charge is -2.36. The summed E-state index contributed by atoms with van der Waals surface area (Å²) in [6.07, 6.45) is 2.48. The third kappa shape index (κ3) is 1.70. The number of pyridine rings is 1. The lowest BCUT2D eigenvalue weighted by Crippen LogP contribution is -2.47. The molecule has 0 saturated carbocycles. The highest BCUT2D eigenvalue weighted by Gasteiger charge is 2.33. The molecule has 1 aromatic rings. The minimum absolute atomic E-state index is 0.0453. The van der Waals surface area contributed by atoms with Crippen molar-refractivity contribution in [2.75, 3.05) is 24.7 Å². The molecule has 0 spiro atoms. The van der Waals surface area contributed by atoms with Gasteiger partial charge >= 0.3 is 0 Å². The number of fused-ring (bicyclic) bond motifs is 1. The van der Waals surface area contributed by atoms with Gasteiger partial charge in [-0.05, 0) is 12.5 Å². The van der Waals surface area contributed by atoms with Gasteiger partial charge in [0.1, 0.15) is 11.5 Å².